The zero-order valence-electron chi connectivity index (χ0n) is 12.9. The zero-order chi connectivity index (χ0) is 15.1. The molecule has 0 saturated heterocycles. The van der Waals surface area contributed by atoms with Crippen LogP contribution >= 0.6 is 0 Å². The predicted octanol–water partition coefficient (Wildman–Crippen LogP) is 2.43. The summed E-state index contributed by atoms with van der Waals surface area (Å²) >= 11 is 0. The summed E-state index contributed by atoms with van der Waals surface area (Å²) in [7, 11) is 0. The van der Waals surface area contributed by atoms with Crippen LogP contribution < -0.4 is 5.32 Å². The summed E-state index contributed by atoms with van der Waals surface area (Å²) in [6.07, 6.45) is 12.7. The Morgan fingerprint density at radius 2 is 2.19 bits per heavy atom. The highest BCUT2D eigenvalue weighted by atomic mass is 16.3. The first-order valence-electron chi connectivity index (χ1n) is 8.09. The summed E-state index contributed by atoms with van der Waals surface area (Å²) < 4.78 is 2.00. The maximum Gasteiger partial charge on any atom is 0.222 e. The van der Waals surface area contributed by atoms with Crippen molar-refractivity contribution in [2.45, 2.75) is 69.9 Å². The number of carbonyl (C=O) groups excluding carboxylic acids is 1. The zero-order valence-corrected chi connectivity index (χ0v) is 12.9. The van der Waals surface area contributed by atoms with Crippen molar-refractivity contribution in [3.63, 3.8) is 0 Å². The molecule has 1 saturated carbocycles. The number of aromatic nitrogens is 2. The molecular weight excluding hydrogens is 266 g/mol. The lowest BCUT2D eigenvalue weighted by atomic mass is 9.85. The quantitative estimate of drug-likeness (QED) is 0.811. The van der Waals surface area contributed by atoms with E-state index in [4.69, 9.17) is 0 Å². The van der Waals surface area contributed by atoms with Crippen LogP contribution in [0.15, 0.2) is 18.7 Å². The highest BCUT2D eigenvalue weighted by molar-refractivity contribution is 5.76. The second kappa shape index (κ2) is 7.59. The molecule has 2 N–H and O–H groups in total. The van der Waals surface area contributed by atoms with Crippen LogP contribution in [0.4, 0.5) is 0 Å². The Morgan fingerprint density at radius 1 is 1.43 bits per heavy atom. The average molecular weight is 293 g/mol. The summed E-state index contributed by atoms with van der Waals surface area (Å²) in [4.78, 5) is 16.2. The Kier molecular flexibility index (Phi) is 5.79. The van der Waals surface area contributed by atoms with Gasteiger partial charge in [0.05, 0.1) is 11.9 Å². The van der Waals surface area contributed by atoms with Gasteiger partial charge in [0.15, 0.2) is 0 Å². The number of amides is 1. The summed E-state index contributed by atoms with van der Waals surface area (Å²) in [6, 6.07) is 0.151. The number of hydrogen-bond donors (Lipinski definition) is 2. The van der Waals surface area contributed by atoms with Gasteiger partial charge in [-0.15, -0.1) is 0 Å². The lowest BCUT2D eigenvalue weighted by Crippen LogP contribution is -2.44. The summed E-state index contributed by atoms with van der Waals surface area (Å²) in [6.45, 7) is 2.50. The van der Waals surface area contributed by atoms with Crippen LogP contribution in [0.25, 0.3) is 0 Å². The van der Waals surface area contributed by atoms with Crippen molar-refractivity contribution in [2.75, 3.05) is 6.54 Å². The molecule has 1 heterocycles. The van der Waals surface area contributed by atoms with Crippen molar-refractivity contribution in [1.29, 1.82) is 0 Å². The number of nitrogens with zero attached hydrogens (tertiary/aromatic N) is 2. The molecule has 5 nitrogen and oxygen atoms in total. The minimum Gasteiger partial charge on any atom is -0.388 e. The average Bonchev–Trinajstić information content (AvgIpc) is 3.00. The molecule has 0 aromatic carbocycles. The number of rotatable bonds is 7. The SMILES string of the molecule is CCCC(CC(=O)NCC1(O)CCCCC1)n1ccnc1. The smallest absolute Gasteiger partial charge is 0.222 e. The molecule has 1 unspecified atom stereocenters. The third-order valence-corrected chi connectivity index (χ3v) is 4.39. The Morgan fingerprint density at radius 3 is 2.81 bits per heavy atom. The van der Waals surface area contributed by atoms with Gasteiger partial charge in [-0.2, -0.15) is 0 Å². The van der Waals surface area contributed by atoms with E-state index in [-0.39, 0.29) is 11.9 Å². The third-order valence-electron chi connectivity index (χ3n) is 4.39. The Labute approximate surface area is 126 Å². The molecule has 1 aliphatic rings. The van der Waals surface area contributed by atoms with Crippen molar-refractivity contribution in [1.82, 2.24) is 14.9 Å². The fraction of sp³-hybridized carbons (Fsp3) is 0.750. The first-order valence-corrected chi connectivity index (χ1v) is 8.09. The minimum atomic E-state index is -0.691. The molecule has 0 aliphatic heterocycles. The van der Waals surface area contributed by atoms with Gasteiger partial charge >= 0.3 is 0 Å². The van der Waals surface area contributed by atoms with Crippen LogP contribution in [0.2, 0.25) is 0 Å². The number of aliphatic hydroxyl groups is 1. The fourth-order valence-corrected chi connectivity index (χ4v) is 3.11. The van der Waals surface area contributed by atoms with Crippen LogP contribution in [0, 0.1) is 0 Å². The molecular formula is C16H27N3O2. The van der Waals surface area contributed by atoms with Crippen molar-refractivity contribution in [3.05, 3.63) is 18.7 Å². The molecule has 1 aromatic heterocycles. The van der Waals surface area contributed by atoms with E-state index in [1.165, 1.54) is 6.42 Å². The van der Waals surface area contributed by atoms with Crippen LogP contribution in [0.1, 0.15) is 64.3 Å². The van der Waals surface area contributed by atoms with Gasteiger partial charge in [-0.25, -0.2) is 4.98 Å². The first kappa shape index (κ1) is 16.0. The van der Waals surface area contributed by atoms with Crippen molar-refractivity contribution >= 4 is 5.91 Å². The first-order chi connectivity index (χ1) is 10.1. The largest absolute Gasteiger partial charge is 0.388 e. The number of imidazole rings is 1. The van der Waals surface area contributed by atoms with E-state index in [1.54, 1.807) is 12.5 Å². The van der Waals surface area contributed by atoms with E-state index in [2.05, 4.69) is 17.2 Å². The summed E-state index contributed by atoms with van der Waals surface area (Å²) in [5.74, 6) is 0.0150. The van der Waals surface area contributed by atoms with Crippen molar-refractivity contribution in [3.8, 4) is 0 Å². The Balaban J connectivity index is 1.82. The third kappa shape index (κ3) is 4.84. The van der Waals surface area contributed by atoms with Crippen LogP contribution in [-0.4, -0.2) is 32.7 Å². The number of nitrogens with one attached hydrogen (secondary N) is 1. The van der Waals surface area contributed by atoms with Gasteiger partial charge in [0.25, 0.3) is 0 Å². The predicted molar refractivity (Wildman–Crippen MR) is 81.8 cm³/mol. The molecule has 118 valence electrons. The fourth-order valence-electron chi connectivity index (χ4n) is 3.11. The molecule has 5 heteroatoms. The van der Waals surface area contributed by atoms with Crippen molar-refractivity contribution in [2.24, 2.45) is 0 Å². The second-order valence-corrected chi connectivity index (χ2v) is 6.22. The summed E-state index contributed by atoms with van der Waals surface area (Å²) in [5.41, 5.74) is -0.691. The van der Waals surface area contributed by atoms with E-state index in [0.29, 0.717) is 13.0 Å². The summed E-state index contributed by atoms with van der Waals surface area (Å²) in [5, 5.41) is 13.3. The van der Waals surface area contributed by atoms with Crippen LogP contribution in [0.3, 0.4) is 0 Å². The molecule has 1 amide bonds. The molecule has 1 aromatic rings. The van der Waals surface area contributed by atoms with Gasteiger partial charge in [0, 0.05) is 31.4 Å². The van der Waals surface area contributed by atoms with Gasteiger partial charge in [-0.05, 0) is 19.3 Å². The molecule has 2 rings (SSSR count). The number of hydrogen-bond acceptors (Lipinski definition) is 3. The maximum atomic E-state index is 12.2. The van der Waals surface area contributed by atoms with Crippen LogP contribution in [-0.2, 0) is 4.79 Å². The molecule has 1 aliphatic carbocycles. The van der Waals surface area contributed by atoms with E-state index < -0.39 is 5.60 Å². The molecule has 1 fully saturated rings. The Hall–Kier alpha value is -1.36. The van der Waals surface area contributed by atoms with Crippen molar-refractivity contribution < 1.29 is 9.90 Å². The molecule has 21 heavy (non-hydrogen) atoms. The molecule has 0 bridgehead atoms. The van der Waals surface area contributed by atoms with E-state index in [1.807, 2.05) is 10.8 Å². The van der Waals surface area contributed by atoms with Gasteiger partial charge < -0.3 is 15.0 Å². The molecule has 0 radical (unpaired) electrons. The topological polar surface area (TPSA) is 67.2 Å². The highest BCUT2D eigenvalue weighted by Gasteiger charge is 2.29. The lowest BCUT2D eigenvalue weighted by molar-refractivity contribution is -0.123. The van der Waals surface area contributed by atoms with E-state index in [9.17, 15) is 9.90 Å². The van der Waals surface area contributed by atoms with E-state index >= 15 is 0 Å². The van der Waals surface area contributed by atoms with E-state index in [0.717, 1.165) is 38.5 Å². The lowest BCUT2D eigenvalue weighted by Gasteiger charge is -2.32. The minimum absolute atomic E-state index is 0.0150. The molecule has 1 atom stereocenters. The van der Waals surface area contributed by atoms with Gasteiger partial charge in [0.2, 0.25) is 5.91 Å². The monoisotopic (exact) mass is 293 g/mol. The normalized spacial score (nSPS) is 19.1. The van der Waals surface area contributed by atoms with Gasteiger partial charge in [0.1, 0.15) is 0 Å². The standard InChI is InChI=1S/C16H27N3O2/c1-2-6-14(19-10-9-17-13-19)11-15(20)18-12-16(21)7-4-3-5-8-16/h9-10,13-14,21H,2-8,11-12H2,1H3,(H,18,20). The number of carbonyl (C=O) groups is 1. The van der Waals surface area contributed by atoms with Gasteiger partial charge in [-0.3, -0.25) is 4.79 Å². The van der Waals surface area contributed by atoms with Crippen LogP contribution in [0.5, 0.6) is 0 Å². The van der Waals surface area contributed by atoms with Gasteiger partial charge in [-0.1, -0.05) is 32.6 Å². The highest BCUT2D eigenvalue weighted by Crippen LogP contribution is 2.27. The second-order valence-electron chi connectivity index (χ2n) is 6.22. The Bertz CT molecular complexity index is 425. The maximum absolute atomic E-state index is 12.2. The molecule has 0 spiro atoms.